The molecule has 0 spiro atoms. The molecular formula is C20H21F3N4O2. The van der Waals surface area contributed by atoms with Crippen LogP contribution in [0.5, 0.6) is 0 Å². The van der Waals surface area contributed by atoms with E-state index in [0.29, 0.717) is 12.0 Å². The quantitative estimate of drug-likeness (QED) is 0.782. The highest BCUT2D eigenvalue weighted by Crippen LogP contribution is 2.19. The number of halogens is 3. The molecule has 1 aliphatic rings. The van der Waals surface area contributed by atoms with Crippen molar-refractivity contribution >= 4 is 11.8 Å². The highest BCUT2D eigenvalue weighted by Gasteiger charge is 2.29. The van der Waals surface area contributed by atoms with Crippen LogP contribution in [0.15, 0.2) is 24.4 Å². The number of carbonyl (C=O) groups is 2. The predicted molar refractivity (Wildman–Crippen MR) is 99.2 cm³/mol. The Morgan fingerprint density at radius 1 is 1.10 bits per heavy atom. The van der Waals surface area contributed by atoms with Crippen molar-refractivity contribution in [1.29, 1.82) is 0 Å². The maximum absolute atomic E-state index is 14.3. The van der Waals surface area contributed by atoms with Gasteiger partial charge in [0.25, 0.3) is 11.8 Å². The molecule has 154 valence electrons. The van der Waals surface area contributed by atoms with E-state index in [1.54, 1.807) is 12.3 Å². The van der Waals surface area contributed by atoms with Gasteiger partial charge in [-0.15, -0.1) is 0 Å². The van der Waals surface area contributed by atoms with Crippen LogP contribution in [0.25, 0.3) is 0 Å². The summed E-state index contributed by atoms with van der Waals surface area (Å²) in [4.78, 5) is 26.5. The molecule has 0 N–H and O–H groups in total. The zero-order chi connectivity index (χ0) is 21.1. The van der Waals surface area contributed by atoms with Crippen LogP contribution in [0.1, 0.15) is 32.7 Å². The summed E-state index contributed by atoms with van der Waals surface area (Å²) in [5, 5.41) is 8.06. The lowest BCUT2D eigenvalue weighted by Gasteiger charge is -2.34. The van der Waals surface area contributed by atoms with Crippen LogP contribution in [0, 0.1) is 19.7 Å². The molecule has 2 aromatic rings. The first-order valence-electron chi connectivity index (χ1n) is 9.20. The first-order chi connectivity index (χ1) is 13.8. The number of alkyl halides is 2. The Hall–Kier alpha value is -2.97. The fourth-order valence-corrected chi connectivity index (χ4v) is 3.23. The van der Waals surface area contributed by atoms with Crippen LogP contribution >= 0.6 is 0 Å². The van der Waals surface area contributed by atoms with E-state index in [1.165, 1.54) is 17.0 Å². The molecule has 1 aromatic carbocycles. The molecule has 0 atom stereocenters. The van der Waals surface area contributed by atoms with Crippen molar-refractivity contribution in [2.45, 2.75) is 26.7 Å². The van der Waals surface area contributed by atoms with Crippen molar-refractivity contribution in [2.24, 2.45) is 0 Å². The second kappa shape index (κ2) is 8.59. The molecule has 2 amide bonds. The number of hydrogen-bond acceptors (Lipinski definition) is 4. The number of piperazine rings is 1. The lowest BCUT2D eigenvalue weighted by molar-refractivity contribution is -0.144. The predicted octanol–water partition coefficient (Wildman–Crippen LogP) is 2.37. The molecule has 9 heteroatoms. The fraction of sp³-hybridized carbons (Fsp3) is 0.400. The Labute approximate surface area is 166 Å². The van der Waals surface area contributed by atoms with Crippen molar-refractivity contribution in [3.05, 3.63) is 58.2 Å². The Bertz CT molecular complexity index is 928. The van der Waals surface area contributed by atoms with E-state index in [2.05, 4.69) is 10.2 Å². The molecule has 1 aliphatic heterocycles. The summed E-state index contributed by atoms with van der Waals surface area (Å²) in [6, 6.07) is 4.31. The molecule has 1 saturated heterocycles. The van der Waals surface area contributed by atoms with Crippen LogP contribution in [0.2, 0.25) is 0 Å². The van der Waals surface area contributed by atoms with Gasteiger partial charge in [-0.3, -0.25) is 9.59 Å². The van der Waals surface area contributed by atoms with Gasteiger partial charge in [0.2, 0.25) is 0 Å². The van der Waals surface area contributed by atoms with E-state index in [-0.39, 0.29) is 31.7 Å². The van der Waals surface area contributed by atoms with Gasteiger partial charge < -0.3 is 9.80 Å². The summed E-state index contributed by atoms with van der Waals surface area (Å²) in [6.07, 6.45) is -1.01. The van der Waals surface area contributed by atoms with E-state index in [1.807, 2.05) is 13.8 Å². The molecule has 3 rings (SSSR count). The minimum atomic E-state index is -3.07. The van der Waals surface area contributed by atoms with Crippen molar-refractivity contribution in [1.82, 2.24) is 20.0 Å². The van der Waals surface area contributed by atoms with Crippen LogP contribution < -0.4 is 0 Å². The standard InChI is InChI=1S/C20H21F3N4O2/c1-12-11-24-25-17(13(12)2)10-14-3-4-16(21)15(9-14)19(28)26-5-7-27(8-6-26)20(29)18(22)23/h3-4,9,11,18H,5-8,10H2,1-2H3. The fourth-order valence-electron chi connectivity index (χ4n) is 3.23. The summed E-state index contributed by atoms with van der Waals surface area (Å²) < 4.78 is 39.4. The van der Waals surface area contributed by atoms with E-state index < -0.39 is 24.1 Å². The van der Waals surface area contributed by atoms with Crippen LogP contribution in [-0.4, -0.2) is 64.4 Å². The average molecular weight is 406 g/mol. The van der Waals surface area contributed by atoms with E-state index in [0.717, 1.165) is 21.7 Å². The van der Waals surface area contributed by atoms with Crippen molar-refractivity contribution in [3.8, 4) is 0 Å². The topological polar surface area (TPSA) is 66.4 Å². The molecule has 0 bridgehead atoms. The molecule has 1 aromatic heterocycles. The molecule has 0 unspecified atom stereocenters. The minimum absolute atomic E-state index is 0.00566. The lowest BCUT2D eigenvalue weighted by atomic mass is 10.0. The molecule has 0 aliphatic carbocycles. The SMILES string of the molecule is Cc1cnnc(Cc2ccc(F)c(C(=O)N3CCN(C(=O)C(F)F)CC3)c2)c1C. The molecule has 0 radical (unpaired) electrons. The largest absolute Gasteiger partial charge is 0.335 e. The smallest absolute Gasteiger partial charge is 0.315 e. The Morgan fingerprint density at radius 3 is 2.41 bits per heavy atom. The Kier molecular flexibility index (Phi) is 6.14. The number of aryl methyl sites for hydroxylation is 1. The Morgan fingerprint density at radius 2 is 1.76 bits per heavy atom. The highest BCUT2D eigenvalue weighted by molar-refractivity contribution is 5.95. The lowest BCUT2D eigenvalue weighted by Crippen LogP contribution is -2.52. The van der Waals surface area contributed by atoms with Crippen LogP contribution in [-0.2, 0) is 11.2 Å². The first-order valence-corrected chi connectivity index (χ1v) is 9.20. The van der Waals surface area contributed by atoms with Gasteiger partial charge in [0.15, 0.2) is 0 Å². The third-order valence-electron chi connectivity index (χ3n) is 5.15. The minimum Gasteiger partial charge on any atom is -0.335 e. The number of nitrogens with zero attached hydrogens (tertiary/aromatic N) is 4. The maximum Gasteiger partial charge on any atom is 0.315 e. The average Bonchev–Trinajstić information content (AvgIpc) is 2.71. The van der Waals surface area contributed by atoms with E-state index >= 15 is 0 Å². The van der Waals surface area contributed by atoms with Gasteiger partial charge in [0.05, 0.1) is 17.5 Å². The van der Waals surface area contributed by atoms with Gasteiger partial charge in [0.1, 0.15) is 5.82 Å². The second-order valence-corrected chi connectivity index (χ2v) is 7.01. The number of carbonyl (C=O) groups excluding carboxylic acids is 2. The monoisotopic (exact) mass is 406 g/mol. The van der Waals surface area contributed by atoms with E-state index in [9.17, 15) is 22.8 Å². The molecule has 0 saturated carbocycles. The van der Waals surface area contributed by atoms with Gasteiger partial charge in [-0.05, 0) is 42.7 Å². The third kappa shape index (κ3) is 4.55. The Balaban J connectivity index is 1.74. The molecular weight excluding hydrogens is 385 g/mol. The summed E-state index contributed by atoms with van der Waals surface area (Å²) in [5.41, 5.74) is 3.34. The summed E-state index contributed by atoms with van der Waals surface area (Å²) in [5.74, 6) is -2.43. The molecule has 6 nitrogen and oxygen atoms in total. The highest BCUT2D eigenvalue weighted by atomic mass is 19.3. The summed E-state index contributed by atoms with van der Waals surface area (Å²) in [6.45, 7) is 3.98. The van der Waals surface area contributed by atoms with Gasteiger partial charge in [-0.25, -0.2) is 4.39 Å². The number of amides is 2. The number of aromatic nitrogens is 2. The first kappa shape index (κ1) is 20.8. The maximum atomic E-state index is 14.3. The molecule has 29 heavy (non-hydrogen) atoms. The van der Waals surface area contributed by atoms with Crippen LogP contribution in [0.3, 0.4) is 0 Å². The van der Waals surface area contributed by atoms with Crippen molar-refractivity contribution < 1.29 is 22.8 Å². The zero-order valence-electron chi connectivity index (χ0n) is 16.2. The molecule has 1 fully saturated rings. The second-order valence-electron chi connectivity index (χ2n) is 7.01. The summed E-state index contributed by atoms with van der Waals surface area (Å²) >= 11 is 0. The number of benzene rings is 1. The van der Waals surface area contributed by atoms with Crippen molar-refractivity contribution in [2.75, 3.05) is 26.2 Å². The van der Waals surface area contributed by atoms with Gasteiger partial charge in [-0.2, -0.15) is 19.0 Å². The zero-order valence-corrected chi connectivity index (χ0v) is 16.2. The van der Waals surface area contributed by atoms with Gasteiger partial charge in [-0.1, -0.05) is 6.07 Å². The molecule has 2 heterocycles. The third-order valence-corrected chi connectivity index (χ3v) is 5.15. The van der Waals surface area contributed by atoms with Crippen molar-refractivity contribution in [3.63, 3.8) is 0 Å². The normalized spacial score (nSPS) is 14.4. The van der Waals surface area contributed by atoms with Crippen LogP contribution in [0.4, 0.5) is 13.2 Å². The van der Waals surface area contributed by atoms with Gasteiger partial charge in [0, 0.05) is 32.6 Å². The van der Waals surface area contributed by atoms with Gasteiger partial charge >= 0.3 is 6.43 Å². The number of hydrogen-bond donors (Lipinski definition) is 0. The number of rotatable bonds is 4. The summed E-state index contributed by atoms with van der Waals surface area (Å²) in [7, 11) is 0. The van der Waals surface area contributed by atoms with E-state index in [4.69, 9.17) is 0 Å².